The Bertz CT molecular complexity index is 4200. The zero-order valence-corrected chi connectivity index (χ0v) is 36.7. The van der Waals surface area contributed by atoms with Crippen LogP contribution in [-0.4, -0.2) is 4.57 Å². The number of aromatic nitrogens is 1. The van der Waals surface area contributed by atoms with E-state index in [1.54, 1.807) is 0 Å². The fraction of sp³-hybridized carbons (Fsp3) is 0. The van der Waals surface area contributed by atoms with Gasteiger partial charge in [0.05, 0.1) is 11.0 Å². The van der Waals surface area contributed by atoms with Gasteiger partial charge in [0.1, 0.15) is 0 Å². The Balaban J connectivity index is 0.901. The summed E-state index contributed by atoms with van der Waals surface area (Å²) in [5, 5.41) is 15.3. The molecule has 14 aromatic rings. The maximum absolute atomic E-state index is 2.46. The van der Waals surface area contributed by atoms with Gasteiger partial charge in [-0.2, -0.15) is 0 Å². The third-order valence-electron chi connectivity index (χ3n) is 14.0. The van der Waals surface area contributed by atoms with Crippen molar-refractivity contribution >= 4 is 96.4 Å². The highest BCUT2D eigenvalue weighted by molar-refractivity contribution is 7.26. The first-order valence-corrected chi connectivity index (χ1v) is 23.6. The molecule has 0 N–H and O–H groups in total. The molecule has 0 aliphatic carbocycles. The summed E-state index contributed by atoms with van der Waals surface area (Å²) < 4.78 is 5.06. The van der Waals surface area contributed by atoms with E-state index in [9.17, 15) is 0 Å². The molecule has 2 aromatic heterocycles. The molecule has 0 radical (unpaired) electrons. The van der Waals surface area contributed by atoms with Crippen LogP contribution in [0.3, 0.4) is 0 Å². The summed E-state index contributed by atoms with van der Waals surface area (Å²) in [6.45, 7) is 0. The van der Waals surface area contributed by atoms with Crippen LogP contribution in [0.1, 0.15) is 0 Å². The molecule has 12 aromatic carbocycles. The largest absolute Gasteiger partial charge is 0.309 e. The van der Waals surface area contributed by atoms with Crippen molar-refractivity contribution in [2.45, 2.75) is 0 Å². The topological polar surface area (TPSA) is 4.93 Å². The third kappa shape index (κ3) is 5.52. The van der Waals surface area contributed by atoms with Gasteiger partial charge < -0.3 is 4.57 Å². The predicted molar refractivity (Wildman–Crippen MR) is 285 cm³/mol. The van der Waals surface area contributed by atoms with Crippen LogP contribution in [-0.2, 0) is 0 Å². The van der Waals surface area contributed by atoms with Crippen molar-refractivity contribution in [2.75, 3.05) is 0 Å². The zero-order chi connectivity index (χ0) is 43.3. The molecule has 0 atom stereocenters. The average Bonchev–Trinajstić information content (AvgIpc) is 3.93. The van der Waals surface area contributed by atoms with Gasteiger partial charge in [-0.3, -0.25) is 0 Å². The van der Waals surface area contributed by atoms with E-state index >= 15 is 0 Å². The number of hydrogen-bond acceptors (Lipinski definition) is 1. The first-order chi connectivity index (χ1) is 32.8. The van der Waals surface area contributed by atoms with E-state index in [-0.39, 0.29) is 0 Å². The van der Waals surface area contributed by atoms with Gasteiger partial charge in [-0.15, -0.1) is 11.3 Å². The van der Waals surface area contributed by atoms with Crippen LogP contribution < -0.4 is 0 Å². The van der Waals surface area contributed by atoms with Crippen LogP contribution in [0.5, 0.6) is 0 Å². The number of benzene rings is 12. The van der Waals surface area contributed by atoms with Gasteiger partial charge in [-0.25, -0.2) is 0 Å². The van der Waals surface area contributed by atoms with Gasteiger partial charge in [0.2, 0.25) is 0 Å². The lowest BCUT2D eigenvalue weighted by molar-refractivity contribution is 1.19. The molecule has 1 nitrogen and oxygen atoms in total. The van der Waals surface area contributed by atoms with E-state index < -0.39 is 0 Å². The van der Waals surface area contributed by atoms with Crippen molar-refractivity contribution in [3.63, 3.8) is 0 Å². The van der Waals surface area contributed by atoms with E-state index in [4.69, 9.17) is 0 Å². The van der Waals surface area contributed by atoms with Crippen molar-refractivity contribution in [3.8, 4) is 50.2 Å². The summed E-state index contributed by atoms with van der Waals surface area (Å²) >= 11 is 1.89. The minimum absolute atomic E-state index is 1.18. The van der Waals surface area contributed by atoms with E-state index in [2.05, 4.69) is 241 Å². The summed E-state index contributed by atoms with van der Waals surface area (Å²) in [6, 6.07) is 87.6. The molecule has 0 bridgehead atoms. The van der Waals surface area contributed by atoms with Gasteiger partial charge in [0.25, 0.3) is 0 Å². The lowest BCUT2D eigenvalue weighted by atomic mass is 9.83. The lowest BCUT2D eigenvalue weighted by Gasteiger charge is -2.20. The summed E-state index contributed by atoms with van der Waals surface area (Å²) in [4.78, 5) is 0. The van der Waals surface area contributed by atoms with Crippen molar-refractivity contribution < 1.29 is 0 Å². The van der Waals surface area contributed by atoms with Crippen molar-refractivity contribution in [3.05, 3.63) is 237 Å². The van der Waals surface area contributed by atoms with Gasteiger partial charge >= 0.3 is 0 Å². The summed E-state index contributed by atoms with van der Waals surface area (Å²) in [5.74, 6) is 0. The van der Waals surface area contributed by atoms with Crippen molar-refractivity contribution in [2.24, 2.45) is 0 Å². The molecule has 2 heterocycles. The van der Waals surface area contributed by atoms with E-state index in [1.165, 1.54) is 135 Å². The van der Waals surface area contributed by atoms with Gasteiger partial charge in [-0.1, -0.05) is 206 Å². The minimum atomic E-state index is 1.18. The molecule has 14 rings (SSSR count). The molecular formula is C64H39NS. The normalized spacial score (nSPS) is 11.9. The molecule has 0 saturated heterocycles. The van der Waals surface area contributed by atoms with E-state index in [0.29, 0.717) is 0 Å². The number of hydrogen-bond donors (Lipinski definition) is 0. The maximum atomic E-state index is 2.46. The van der Waals surface area contributed by atoms with Crippen LogP contribution in [0, 0.1) is 0 Å². The molecule has 0 aliphatic heterocycles. The molecule has 306 valence electrons. The Hall–Kier alpha value is -8.30. The highest BCUT2D eigenvalue weighted by Gasteiger charge is 2.21. The Morgan fingerprint density at radius 1 is 0.288 bits per heavy atom. The van der Waals surface area contributed by atoms with Crippen LogP contribution in [0.15, 0.2) is 237 Å². The van der Waals surface area contributed by atoms with Crippen LogP contribution in [0.2, 0.25) is 0 Å². The molecule has 0 saturated carbocycles. The number of para-hydroxylation sites is 2. The summed E-state index contributed by atoms with van der Waals surface area (Å²) in [5.41, 5.74) is 13.7. The third-order valence-corrected chi connectivity index (χ3v) is 15.1. The fourth-order valence-electron chi connectivity index (χ4n) is 11.1. The van der Waals surface area contributed by atoms with Gasteiger partial charge in [-0.05, 0) is 118 Å². The van der Waals surface area contributed by atoms with Gasteiger partial charge in [0, 0.05) is 36.6 Å². The number of fused-ring (bicyclic) bond motifs is 11. The molecule has 2 heteroatoms. The summed E-state index contributed by atoms with van der Waals surface area (Å²) in [7, 11) is 0. The number of rotatable bonds is 5. The summed E-state index contributed by atoms with van der Waals surface area (Å²) in [6.07, 6.45) is 0. The zero-order valence-electron chi connectivity index (χ0n) is 35.9. The Labute approximate surface area is 385 Å². The highest BCUT2D eigenvalue weighted by Crippen LogP contribution is 2.48. The van der Waals surface area contributed by atoms with Crippen LogP contribution in [0.25, 0.3) is 135 Å². The second-order valence-corrected chi connectivity index (χ2v) is 18.6. The number of thiophene rings is 1. The molecule has 0 unspecified atom stereocenters. The Morgan fingerprint density at radius 2 is 0.818 bits per heavy atom. The van der Waals surface area contributed by atoms with Crippen LogP contribution >= 0.6 is 11.3 Å². The van der Waals surface area contributed by atoms with Crippen molar-refractivity contribution in [1.29, 1.82) is 0 Å². The second kappa shape index (κ2) is 14.6. The lowest BCUT2D eigenvalue weighted by Crippen LogP contribution is -1.93. The Morgan fingerprint density at radius 3 is 1.56 bits per heavy atom. The molecule has 0 spiro atoms. The molecule has 0 aliphatic rings. The first-order valence-electron chi connectivity index (χ1n) is 22.8. The van der Waals surface area contributed by atoms with E-state index in [0.717, 1.165) is 0 Å². The SMILES string of the molecule is c1ccc(-n2c3ccccc3c3ccc4sc5cc(-c6ccc(-c7c8ccccc8c(-c8ccc(-c9cccc%10ccccc9%10)c9ccccc89)c8ccccc78)cc6)ccc5c4c32)cc1. The Kier molecular flexibility index (Phi) is 8.22. The second-order valence-electron chi connectivity index (χ2n) is 17.5. The maximum Gasteiger partial charge on any atom is 0.0634 e. The smallest absolute Gasteiger partial charge is 0.0634 e. The average molecular weight is 854 g/mol. The minimum Gasteiger partial charge on any atom is -0.309 e. The first kappa shape index (κ1) is 37.1. The quantitative estimate of drug-likeness (QED) is 0.152. The highest BCUT2D eigenvalue weighted by atomic mass is 32.1. The molecule has 66 heavy (non-hydrogen) atoms. The fourth-order valence-corrected chi connectivity index (χ4v) is 12.3. The van der Waals surface area contributed by atoms with Crippen LogP contribution in [0.4, 0.5) is 0 Å². The molecule has 0 fully saturated rings. The monoisotopic (exact) mass is 853 g/mol. The standard InChI is InChI=1S/C64H39NS/c1-2-17-44(18-3-1)65-58-28-13-12-22-50(58)56-37-38-59-63(64(56)65)57-34-33-43(39-60(57)66-59)40-29-31-42(32-30-40)61-51-23-8-10-25-53(51)62(54-26-11-9-24-52(54)61)55-36-35-49(47-20-6-7-21-48(47)55)46-27-14-16-41-15-4-5-19-45(41)46/h1-39H. The molecular weight excluding hydrogens is 815 g/mol. The van der Waals surface area contributed by atoms with Gasteiger partial charge in [0.15, 0.2) is 0 Å². The van der Waals surface area contributed by atoms with Crippen molar-refractivity contribution in [1.82, 2.24) is 4.57 Å². The predicted octanol–water partition coefficient (Wildman–Crippen LogP) is 18.4. The van der Waals surface area contributed by atoms with E-state index in [1.807, 2.05) is 11.3 Å². The number of nitrogens with zero attached hydrogens (tertiary/aromatic N) is 1. The molecule has 0 amide bonds.